The number of thiazole rings is 4. The highest BCUT2D eigenvalue weighted by molar-refractivity contribution is 7.83. The first-order valence-corrected chi connectivity index (χ1v) is 17.7. The van der Waals surface area contributed by atoms with Crippen LogP contribution in [-0.2, 0) is 64.6 Å². The van der Waals surface area contributed by atoms with Crippen LogP contribution in [-0.4, -0.2) is 43.8 Å². The molecule has 12 nitrogen and oxygen atoms in total. The van der Waals surface area contributed by atoms with E-state index in [0.717, 1.165) is 0 Å². The summed E-state index contributed by atoms with van der Waals surface area (Å²) >= 11 is 21.6. The quantitative estimate of drug-likeness (QED) is 0.0648. The number of aromatic nitrogens is 4. The van der Waals surface area contributed by atoms with E-state index in [1.54, 1.807) is 0 Å². The van der Waals surface area contributed by atoms with Crippen molar-refractivity contribution in [3.8, 4) is 0 Å². The fourth-order valence-electron chi connectivity index (χ4n) is 3.87. The molecule has 0 atom stereocenters. The van der Waals surface area contributed by atoms with Gasteiger partial charge in [0.05, 0.1) is 45.2 Å². The van der Waals surface area contributed by atoms with E-state index in [-0.39, 0.29) is 26.4 Å². The van der Waals surface area contributed by atoms with Gasteiger partial charge in [-0.3, -0.25) is 19.2 Å². The second-order valence-electron chi connectivity index (χ2n) is 9.29. The number of hydrogen-bond donors (Lipinski definition) is 4. The van der Waals surface area contributed by atoms with Gasteiger partial charge >= 0.3 is 23.9 Å². The largest absolute Gasteiger partial charge is 0.460 e. The van der Waals surface area contributed by atoms with Crippen molar-refractivity contribution in [2.75, 3.05) is 0 Å². The van der Waals surface area contributed by atoms with Crippen molar-refractivity contribution < 1.29 is 38.1 Å². The van der Waals surface area contributed by atoms with E-state index in [1.165, 1.54) is 70.1 Å². The SMILES string of the molecule is O=C(CC(CC(=O)OCc1cnc(S)s1)(CC(=O)OCc1cnc(S)s1)CC(=O)OCc1cnc(S)s1)OCc1cnc(S)s1. The molecule has 240 valence electrons. The molecule has 0 aliphatic heterocycles. The Balaban J connectivity index is 1.53. The minimum Gasteiger partial charge on any atom is -0.460 e. The Bertz CT molecular complexity index is 1400. The third-order valence-corrected chi connectivity index (χ3v) is 10.4. The monoisotopic (exact) mass is 764 g/mol. The van der Waals surface area contributed by atoms with E-state index in [1.807, 2.05) is 0 Å². The summed E-state index contributed by atoms with van der Waals surface area (Å²) in [6.45, 7) is -0.449. The van der Waals surface area contributed by atoms with Crippen LogP contribution in [0.2, 0.25) is 0 Å². The average molecular weight is 765 g/mol. The van der Waals surface area contributed by atoms with Crippen LogP contribution in [0.4, 0.5) is 0 Å². The maximum absolute atomic E-state index is 13.2. The first-order chi connectivity index (χ1) is 21.5. The maximum Gasteiger partial charge on any atom is 0.306 e. The van der Waals surface area contributed by atoms with E-state index in [0.29, 0.717) is 36.9 Å². The summed E-state index contributed by atoms with van der Waals surface area (Å²) < 4.78 is 23.7. The van der Waals surface area contributed by atoms with Crippen LogP contribution >= 0.6 is 95.9 Å². The zero-order valence-corrected chi connectivity index (χ0v) is 29.8. The number of carbonyl (C=O) groups excluding carboxylic acids is 4. The number of carbonyl (C=O) groups is 4. The highest BCUT2D eigenvalue weighted by atomic mass is 32.2. The Hall–Kier alpha value is -2.20. The van der Waals surface area contributed by atoms with Crippen LogP contribution in [0.3, 0.4) is 0 Å². The lowest BCUT2D eigenvalue weighted by Crippen LogP contribution is -2.35. The first-order valence-electron chi connectivity index (χ1n) is 12.6. The molecule has 0 spiro atoms. The average Bonchev–Trinajstić information content (AvgIpc) is 3.78. The molecule has 0 saturated carbocycles. The molecule has 4 rings (SSSR count). The Morgan fingerprint density at radius 2 is 0.711 bits per heavy atom. The Labute approximate surface area is 295 Å². The van der Waals surface area contributed by atoms with Gasteiger partial charge in [-0.15, -0.1) is 95.9 Å². The lowest BCUT2D eigenvalue weighted by atomic mass is 9.75. The zero-order valence-electron chi connectivity index (χ0n) is 22.9. The molecule has 0 aromatic carbocycles. The fourth-order valence-corrected chi connectivity index (χ4v) is 7.76. The van der Waals surface area contributed by atoms with Gasteiger partial charge in [0.2, 0.25) is 0 Å². The molecule has 0 bridgehead atoms. The summed E-state index contributed by atoms with van der Waals surface area (Å²) in [4.78, 5) is 71.3. The fraction of sp³-hybridized carbons (Fsp3) is 0.360. The number of hydrogen-bond acceptors (Lipinski definition) is 20. The highest BCUT2D eigenvalue weighted by Gasteiger charge is 2.42. The predicted molar refractivity (Wildman–Crippen MR) is 178 cm³/mol. The van der Waals surface area contributed by atoms with Gasteiger partial charge in [0.25, 0.3) is 0 Å². The van der Waals surface area contributed by atoms with Crippen LogP contribution in [0.15, 0.2) is 42.1 Å². The second kappa shape index (κ2) is 17.1. The van der Waals surface area contributed by atoms with Crippen LogP contribution in [0.25, 0.3) is 0 Å². The Kier molecular flexibility index (Phi) is 13.5. The standard InChI is InChI=1S/C25H24N4O8S8/c30-17(34-9-13-5-26-21(38)42-13)1-25(2-18(31)35-10-14-6-27-22(39)43-14,3-19(32)36-11-15-7-28-23(40)44-15)4-20(33)37-12-16-8-29-24(41)45-16/h5-8H,1-4,9-12H2,(H,26,38)(H,27,39)(H,28,40)(H,29,41). The normalized spacial score (nSPS) is 11.3. The molecule has 0 aliphatic rings. The lowest BCUT2D eigenvalue weighted by molar-refractivity contribution is -0.159. The molecule has 45 heavy (non-hydrogen) atoms. The van der Waals surface area contributed by atoms with Gasteiger partial charge in [-0.25, -0.2) is 19.9 Å². The van der Waals surface area contributed by atoms with Crippen molar-refractivity contribution in [3.63, 3.8) is 0 Å². The van der Waals surface area contributed by atoms with Crippen LogP contribution in [0.5, 0.6) is 0 Å². The van der Waals surface area contributed by atoms with Crippen LogP contribution < -0.4 is 0 Å². The maximum atomic E-state index is 13.2. The highest BCUT2D eigenvalue weighted by Crippen LogP contribution is 2.38. The van der Waals surface area contributed by atoms with E-state index in [2.05, 4.69) is 70.5 Å². The number of nitrogens with zero attached hydrogens (tertiary/aromatic N) is 4. The molecule has 4 heterocycles. The molecule has 0 saturated heterocycles. The summed E-state index contributed by atoms with van der Waals surface area (Å²) in [7, 11) is 0. The predicted octanol–water partition coefficient (Wildman–Crippen LogP) is 5.49. The van der Waals surface area contributed by atoms with Gasteiger partial charge in [-0.2, -0.15) is 0 Å². The van der Waals surface area contributed by atoms with Gasteiger partial charge in [0, 0.05) is 30.2 Å². The molecule has 0 fully saturated rings. The van der Waals surface area contributed by atoms with Crippen molar-refractivity contribution in [3.05, 3.63) is 44.3 Å². The molecule has 4 aromatic heterocycles. The summed E-state index contributed by atoms with van der Waals surface area (Å²) in [6, 6.07) is 0. The summed E-state index contributed by atoms with van der Waals surface area (Å²) in [5.41, 5.74) is -1.61. The van der Waals surface area contributed by atoms with Crippen molar-refractivity contribution in [1.82, 2.24) is 19.9 Å². The van der Waals surface area contributed by atoms with E-state index in [9.17, 15) is 19.2 Å². The van der Waals surface area contributed by atoms with Crippen LogP contribution in [0, 0.1) is 5.41 Å². The number of thiol groups is 4. The summed E-state index contributed by atoms with van der Waals surface area (Å²) in [5.74, 6) is -3.04. The molecule has 0 radical (unpaired) electrons. The number of rotatable bonds is 16. The van der Waals surface area contributed by atoms with Crippen molar-refractivity contribution in [2.24, 2.45) is 5.41 Å². The Morgan fingerprint density at radius 1 is 0.489 bits per heavy atom. The van der Waals surface area contributed by atoms with Crippen molar-refractivity contribution in [2.45, 2.75) is 69.5 Å². The smallest absolute Gasteiger partial charge is 0.306 e. The molecule has 4 aromatic rings. The van der Waals surface area contributed by atoms with E-state index >= 15 is 0 Å². The molecule has 0 unspecified atom stereocenters. The van der Waals surface area contributed by atoms with Gasteiger partial charge in [-0.1, -0.05) is 0 Å². The topological polar surface area (TPSA) is 157 Å². The molecule has 20 heteroatoms. The second-order valence-corrected chi connectivity index (χ2v) is 16.7. The van der Waals surface area contributed by atoms with Gasteiger partial charge in [0.15, 0.2) is 0 Å². The molecule has 0 aliphatic carbocycles. The lowest BCUT2D eigenvalue weighted by Gasteiger charge is -2.30. The molecule has 0 amide bonds. The third kappa shape index (κ3) is 12.2. The summed E-state index contributed by atoms with van der Waals surface area (Å²) in [5, 5.41) is 0. The van der Waals surface area contributed by atoms with E-state index < -0.39 is 55.0 Å². The molecule has 0 N–H and O–H groups in total. The molecular weight excluding hydrogens is 741 g/mol. The van der Waals surface area contributed by atoms with Crippen molar-refractivity contribution in [1.29, 1.82) is 0 Å². The van der Waals surface area contributed by atoms with Gasteiger partial charge < -0.3 is 18.9 Å². The van der Waals surface area contributed by atoms with Gasteiger partial charge in [-0.05, 0) is 0 Å². The number of ether oxygens (including phenoxy) is 4. The van der Waals surface area contributed by atoms with Gasteiger partial charge in [0.1, 0.15) is 43.8 Å². The van der Waals surface area contributed by atoms with E-state index in [4.69, 9.17) is 18.9 Å². The number of esters is 4. The third-order valence-electron chi connectivity index (χ3n) is 5.74. The Morgan fingerprint density at radius 3 is 0.889 bits per heavy atom. The minimum absolute atomic E-state index is 0.112. The zero-order chi connectivity index (χ0) is 32.4. The van der Waals surface area contributed by atoms with Crippen LogP contribution in [0.1, 0.15) is 45.2 Å². The van der Waals surface area contributed by atoms with Crippen molar-refractivity contribution >= 4 is 120 Å². The summed E-state index contributed by atoms with van der Waals surface area (Å²) in [6.07, 6.45) is 4.07. The first kappa shape index (κ1) is 35.7. The minimum atomic E-state index is -1.61. The molecular formula is C25H24N4O8S8.